The van der Waals surface area contributed by atoms with Gasteiger partial charge in [0.2, 0.25) is 10.0 Å². The van der Waals surface area contributed by atoms with Gasteiger partial charge in [0, 0.05) is 39.3 Å². The average Bonchev–Trinajstić information content (AvgIpc) is 3.18. The third-order valence-electron chi connectivity index (χ3n) is 4.94. The van der Waals surface area contributed by atoms with Crippen molar-refractivity contribution in [2.45, 2.75) is 17.9 Å². The second kappa shape index (κ2) is 7.11. The van der Waals surface area contributed by atoms with Gasteiger partial charge in [0.25, 0.3) is 5.91 Å². The summed E-state index contributed by atoms with van der Waals surface area (Å²) in [5.74, 6) is -0.183. The van der Waals surface area contributed by atoms with Crippen molar-refractivity contribution in [2.24, 2.45) is 0 Å². The van der Waals surface area contributed by atoms with Gasteiger partial charge in [-0.25, -0.2) is 8.42 Å². The largest absolute Gasteiger partial charge is 0.335 e. The molecule has 138 valence electrons. The van der Waals surface area contributed by atoms with E-state index in [4.69, 9.17) is 0 Å². The second-order valence-electron chi connectivity index (χ2n) is 6.51. The van der Waals surface area contributed by atoms with E-state index in [1.165, 1.54) is 21.2 Å². The highest BCUT2D eigenvalue weighted by molar-refractivity contribution is 7.89. The fraction of sp³-hybridized carbons (Fsp3) is 0.389. The molecule has 2 aliphatic rings. The molecule has 4 rings (SSSR count). The quantitative estimate of drug-likeness (QED) is 0.862. The molecule has 1 fully saturated rings. The fourth-order valence-electron chi connectivity index (χ4n) is 3.48. The molecule has 2 aliphatic heterocycles. The molecule has 1 N–H and O–H groups in total. The summed E-state index contributed by atoms with van der Waals surface area (Å²) in [7, 11) is -3.70. The Morgan fingerprint density at radius 3 is 2.54 bits per heavy atom. The average molecular weight is 392 g/mol. The van der Waals surface area contributed by atoms with Gasteiger partial charge in [-0.1, -0.05) is 24.3 Å². The Balaban J connectivity index is 1.61. The van der Waals surface area contributed by atoms with E-state index in [1.54, 1.807) is 16.3 Å². The highest BCUT2D eigenvalue weighted by atomic mass is 32.2. The van der Waals surface area contributed by atoms with E-state index in [-0.39, 0.29) is 10.8 Å². The van der Waals surface area contributed by atoms with Gasteiger partial charge in [-0.3, -0.25) is 4.79 Å². The summed E-state index contributed by atoms with van der Waals surface area (Å²) in [5, 5.41) is 4.90. The highest BCUT2D eigenvalue weighted by Crippen LogP contribution is 2.30. The highest BCUT2D eigenvalue weighted by Gasteiger charge is 2.33. The number of carbonyl (C=O) groups is 1. The number of benzene rings is 1. The van der Waals surface area contributed by atoms with Crippen LogP contribution < -0.4 is 5.32 Å². The molecule has 1 aromatic carbocycles. The summed E-state index contributed by atoms with van der Waals surface area (Å²) < 4.78 is 27.9. The van der Waals surface area contributed by atoms with E-state index >= 15 is 0 Å². The molecule has 0 radical (unpaired) electrons. The van der Waals surface area contributed by atoms with Crippen LogP contribution in [0.25, 0.3) is 0 Å². The minimum Gasteiger partial charge on any atom is -0.335 e. The predicted molar refractivity (Wildman–Crippen MR) is 101 cm³/mol. The van der Waals surface area contributed by atoms with Gasteiger partial charge in [-0.15, -0.1) is 11.3 Å². The molecule has 0 unspecified atom stereocenters. The summed E-state index contributed by atoms with van der Waals surface area (Å²) >= 11 is 1.21. The van der Waals surface area contributed by atoms with Crippen molar-refractivity contribution in [3.05, 3.63) is 51.7 Å². The number of thiophene rings is 1. The van der Waals surface area contributed by atoms with Crippen molar-refractivity contribution in [3.8, 4) is 0 Å². The van der Waals surface area contributed by atoms with Crippen LogP contribution in [-0.2, 0) is 23.0 Å². The van der Waals surface area contributed by atoms with Crippen LogP contribution in [0.15, 0.2) is 40.6 Å². The molecule has 0 spiro atoms. The van der Waals surface area contributed by atoms with Crippen LogP contribution in [0.1, 0.15) is 20.8 Å². The summed E-state index contributed by atoms with van der Waals surface area (Å²) in [5.41, 5.74) is 2.23. The van der Waals surface area contributed by atoms with E-state index in [2.05, 4.69) is 5.32 Å². The van der Waals surface area contributed by atoms with Gasteiger partial charge in [-0.05, 0) is 29.0 Å². The zero-order chi connectivity index (χ0) is 18.1. The first kappa shape index (κ1) is 17.7. The minimum atomic E-state index is -3.70. The molecule has 0 aliphatic carbocycles. The van der Waals surface area contributed by atoms with E-state index in [0.29, 0.717) is 37.5 Å². The van der Waals surface area contributed by atoms with Crippen LogP contribution in [-0.4, -0.2) is 56.3 Å². The SMILES string of the molecule is O=C(c1sccc1S(=O)(=O)N1CCc2ccccc2C1)N1CCNCC1. The molecule has 1 aromatic heterocycles. The summed E-state index contributed by atoms with van der Waals surface area (Å²) in [6.45, 7) is 3.48. The standard InChI is InChI=1S/C18H21N3O3S2/c22-18(20-10-7-19-8-11-20)17-16(6-12-25-17)26(23,24)21-9-5-14-3-1-2-4-15(14)13-21/h1-4,6,12,19H,5,7-11,13H2. The van der Waals surface area contributed by atoms with Gasteiger partial charge in [0.05, 0.1) is 0 Å². The van der Waals surface area contributed by atoms with E-state index < -0.39 is 10.0 Å². The van der Waals surface area contributed by atoms with Crippen molar-refractivity contribution in [2.75, 3.05) is 32.7 Å². The maximum Gasteiger partial charge on any atom is 0.265 e. The van der Waals surface area contributed by atoms with Crippen molar-refractivity contribution in [1.82, 2.24) is 14.5 Å². The lowest BCUT2D eigenvalue weighted by molar-refractivity contribution is 0.0737. The Bertz CT molecular complexity index is 917. The molecular weight excluding hydrogens is 370 g/mol. The van der Waals surface area contributed by atoms with Crippen molar-refractivity contribution in [1.29, 1.82) is 0 Å². The Morgan fingerprint density at radius 1 is 1.04 bits per heavy atom. The predicted octanol–water partition coefficient (Wildman–Crippen LogP) is 1.54. The van der Waals surface area contributed by atoms with Crippen LogP contribution in [0.4, 0.5) is 0 Å². The van der Waals surface area contributed by atoms with Crippen molar-refractivity contribution in [3.63, 3.8) is 0 Å². The number of nitrogens with zero attached hydrogens (tertiary/aromatic N) is 2. The number of hydrogen-bond acceptors (Lipinski definition) is 5. The molecule has 0 bridgehead atoms. The second-order valence-corrected chi connectivity index (χ2v) is 9.34. The number of hydrogen-bond donors (Lipinski definition) is 1. The first-order valence-corrected chi connectivity index (χ1v) is 11.0. The number of amides is 1. The Morgan fingerprint density at radius 2 is 1.77 bits per heavy atom. The zero-order valence-electron chi connectivity index (χ0n) is 14.3. The summed E-state index contributed by atoms with van der Waals surface area (Å²) in [4.78, 5) is 15.0. The lowest BCUT2D eigenvalue weighted by atomic mass is 10.0. The van der Waals surface area contributed by atoms with Gasteiger partial charge in [0.1, 0.15) is 9.77 Å². The van der Waals surface area contributed by atoms with Gasteiger partial charge < -0.3 is 10.2 Å². The van der Waals surface area contributed by atoms with Crippen molar-refractivity contribution >= 4 is 27.3 Å². The third kappa shape index (κ3) is 3.18. The van der Waals surface area contributed by atoms with E-state index in [1.807, 2.05) is 24.3 Å². The molecule has 8 heteroatoms. The first-order chi connectivity index (χ1) is 12.6. The number of sulfonamides is 1. The third-order valence-corrected chi connectivity index (χ3v) is 7.86. The molecule has 0 saturated carbocycles. The van der Waals surface area contributed by atoms with Crippen LogP contribution >= 0.6 is 11.3 Å². The normalized spacial score (nSPS) is 18.5. The number of carbonyl (C=O) groups excluding carboxylic acids is 1. The Labute approximate surface area is 157 Å². The topological polar surface area (TPSA) is 69.7 Å². The molecule has 26 heavy (non-hydrogen) atoms. The number of fused-ring (bicyclic) bond motifs is 1. The minimum absolute atomic E-state index is 0.144. The lowest BCUT2D eigenvalue weighted by Gasteiger charge is -2.29. The van der Waals surface area contributed by atoms with Crippen LogP contribution in [0.5, 0.6) is 0 Å². The molecule has 1 saturated heterocycles. The number of rotatable bonds is 3. The molecule has 1 amide bonds. The molecule has 3 heterocycles. The molecule has 0 atom stereocenters. The van der Waals surface area contributed by atoms with Crippen molar-refractivity contribution < 1.29 is 13.2 Å². The molecule has 6 nitrogen and oxygen atoms in total. The molecule has 2 aromatic rings. The van der Waals surface area contributed by atoms with Crippen LogP contribution in [0, 0.1) is 0 Å². The van der Waals surface area contributed by atoms with E-state index in [9.17, 15) is 13.2 Å². The summed E-state index contributed by atoms with van der Waals surface area (Å²) in [6, 6.07) is 9.49. The Hall–Kier alpha value is -1.74. The number of piperazine rings is 1. The first-order valence-electron chi connectivity index (χ1n) is 8.72. The van der Waals surface area contributed by atoms with Gasteiger partial charge in [-0.2, -0.15) is 4.31 Å². The Kier molecular flexibility index (Phi) is 4.83. The van der Waals surface area contributed by atoms with Gasteiger partial charge >= 0.3 is 0 Å². The lowest BCUT2D eigenvalue weighted by Crippen LogP contribution is -2.46. The zero-order valence-corrected chi connectivity index (χ0v) is 16.0. The smallest absolute Gasteiger partial charge is 0.265 e. The molecular formula is C18H21N3O3S2. The van der Waals surface area contributed by atoms with Crippen LogP contribution in [0.3, 0.4) is 0 Å². The van der Waals surface area contributed by atoms with Crippen LogP contribution in [0.2, 0.25) is 0 Å². The summed E-state index contributed by atoms with van der Waals surface area (Å²) in [6.07, 6.45) is 0.695. The van der Waals surface area contributed by atoms with Gasteiger partial charge in [0.15, 0.2) is 0 Å². The maximum atomic E-state index is 13.2. The monoisotopic (exact) mass is 391 g/mol. The number of nitrogens with one attached hydrogen (secondary N) is 1. The van der Waals surface area contributed by atoms with E-state index in [0.717, 1.165) is 18.7 Å². The maximum absolute atomic E-state index is 13.2. The fourth-order valence-corrected chi connectivity index (χ4v) is 6.26.